The molecule has 0 saturated carbocycles. The predicted octanol–water partition coefficient (Wildman–Crippen LogP) is 5.44. The van der Waals surface area contributed by atoms with Gasteiger partial charge in [-0.3, -0.25) is 0 Å². The first-order chi connectivity index (χ1) is 9.59. The summed E-state index contributed by atoms with van der Waals surface area (Å²) in [7, 11) is 0. The van der Waals surface area contributed by atoms with Crippen LogP contribution in [0.5, 0.6) is 0 Å². The highest BCUT2D eigenvalue weighted by atomic mass is 35.5. The molecule has 0 saturated heterocycles. The summed E-state index contributed by atoms with van der Waals surface area (Å²) < 4.78 is 13.3. The molecule has 0 fully saturated rings. The Hall–Kier alpha value is -0.760. The maximum atomic E-state index is 13.3. The zero-order valence-corrected chi connectivity index (χ0v) is 13.0. The summed E-state index contributed by atoms with van der Waals surface area (Å²) in [5, 5.41) is 0.664. The molecule has 2 rings (SSSR count). The van der Waals surface area contributed by atoms with E-state index in [1.807, 2.05) is 30.3 Å². The van der Waals surface area contributed by atoms with E-state index in [-0.39, 0.29) is 5.82 Å². The molecule has 4 heteroatoms. The quantitative estimate of drug-likeness (QED) is 0.640. The molecule has 0 bridgehead atoms. The monoisotopic (exact) mass is 330 g/mol. The molecule has 2 aromatic rings. The lowest BCUT2D eigenvalue weighted by Crippen LogP contribution is -2.33. The molecule has 0 aliphatic rings. The fraction of sp³-hybridized carbons (Fsp3) is 0.250. The van der Waals surface area contributed by atoms with Crippen LogP contribution in [0.3, 0.4) is 0 Å². The Bertz CT molecular complexity index is 562. The van der Waals surface area contributed by atoms with Gasteiger partial charge in [-0.25, -0.2) is 4.39 Å². The zero-order valence-electron chi connectivity index (χ0n) is 10.8. The van der Waals surface area contributed by atoms with E-state index in [0.717, 1.165) is 11.1 Å². The van der Waals surface area contributed by atoms with Gasteiger partial charge in [0.15, 0.2) is 0 Å². The molecule has 0 nitrogen and oxygen atoms in total. The number of rotatable bonds is 5. The van der Waals surface area contributed by atoms with Crippen molar-refractivity contribution in [1.82, 2.24) is 0 Å². The lowest BCUT2D eigenvalue weighted by molar-refractivity contribution is 0.533. The topological polar surface area (TPSA) is 0 Å². The highest BCUT2D eigenvalue weighted by Crippen LogP contribution is 2.32. The van der Waals surface area contributed by atoms with Gasteiger partial charge in [0.05, 0.1) is 0 Å². The first-order valence-corrected chi connectivity index (χ1v) is 7.67. The Kier molecular flexibility index (Phi) is 5.31. The molecule has 0 unspecified atom stereocenters. The van der Waals surface area contributed by atoms with Gasteiger partial charge < -0.3 is 0 Å². The molecule has 0 heterocycles. The maximum absolute atomic E-state index is 13.3. The van der Waals surface area contributed by atoms with Gasteiger partial charge in [-0.1, -0.05) is 35.9 Å². The summed E-state index contributed by atoms with van der Waals surface area (Å²) in [6.07, 6.45) is 0.583. The highest BCUT2D eigenvalue weighted by molar-refractivity contribution is 6.30. The van der Waals surface area contributed by atoms with Crippen LogP contribution in [0.15, 0.2) is 48.5 Å². The van der Waals surface area contributed by atoms with Gasteiger partial charge in [-0.2, -0.15) is 0 Å². The van der Waals surface area contributed by atoms with E-state index in [4.69, 9.17) is 34.8 Å². The standard InChI is InChI=1S/C16H14Cl3F/c17-10-16(11-18,13-4-6-14(19)7-5-13)9-12-2-1-3-15(20)8-12/h1-8H,9-11H2. The molecule has 106 valence electrons. The SMILES string of the molecule is Fc1cccc(CC(CCl)(CCl)c2ccc(Cl)cc2)c1. The number of benzene rings is 2. The second-order valence-electron chi connectivity index (χ2n) is 4.86. The highest BCUT2D eigenvalue weighted by Gasteiger charge is 2.31. The molecule has 0 radical (unpaired) electrons. The van der Waals surface area contributed by atoms with Gasteiger partial charge in [-0.05, 0) is 41.8 Å². The summed E-state index contributed by atoms with van der Waals surface area (Å²) in [4.78, 5) is 0. The van der Waals surface area contributed by atoms with Crippen LogP contribution in [-0.2, 0) is 11.8 Å². The van der Waals surface area contributed by atoms with Gasteiger partial charge in [0, 0.05) is 22.2 Å². The first-order valence-electron chi connectivity index (χ1n) is 6.22. The Morgan fingerprint density at radius 1 is 0.950 bits per heavy atom. The number of hydrogen-bond acceptors (Lipinski definition) is 0. The van der Waals surface area contributed by atoms with Crippen molar-refractivity contribution in [1.29, 1.82) is 0 Å². The fourth-order valence-electron chi connectivity index (χ4n) is 2.23. The summed E-state index contributed by atoms with van der Waals surface area (Å²) in [5.74, 6) is 0.458. The van der Waals surface area contributed by atoms with Gasteiger partial charge in [0.25, 0.3) is 0 Å². The summed E-state index contributed by atoms with van der Waals surface area (Å²) >= 11 is 18.3. The lowest BCUT2D eigenvalue weighted by Gasteiger charge is -2.30. The van der Waals surface area contributed by atoms with Crippen molar-refractivity contribution in [3.63, 3.8) is 0 Å². The third kappa shape index (κ3) is 3.46. The van der Waals surface area contributed by atoms with Crippen LogP contribution in [0.2, 0.25) is 5.02 Å². The van der Waals surface area contributed by atoms with Crippen molar-refractivity contribution in [2.45, 2.75) is 11.8 Å². The third-order valence-electron chi connectivity index (χ3n) is 3.40. The Labute approximate surface area is 133 Å². The molecular weight excluding hydrogens is 318 g/mol. The molecule has 0 N–H and O–H groups in total. The van der Waals surface area contributed by atoms with Gasteiger partial charge in [0.2, 0.25) is 0 Å². The zero-order chi connectivity index (χ0) is 14.6. The summed E-state index contributed by atoms with van der Waals surface area (Å²) in [6.45, 7) is 0. The molecule has 2 aromatic carbocycles. The fourth-order valence-corrected chi connectivity index (χ4v) is 3.14. The average molecular weight is 332 g/mol. The molecule has 0 aliphatic carbocycles. The van der Waals surface area contributed by atoms with Gasteiger partial charge >= 0.3 is 0 Å². The van der Waals surface area contributed by atoms with E-state index in [2.05, 4.69) is 0 Å². The van der Waals surface area contributed by atoms with Gasteiger partial charge in [-0.15, -0.1) is 23.2 Å². The molecule has 0 aliphatic heterocycles. The normalized spacial score (nSPS) is 11.6. The Morgan fingerprint density at radius 3 is 2.15 bits per heavy atom. The van der Waals surface area contributed by atoms with Gasteiger partial charge in [0.1, 0.15) is 5.82 Å². The van der Waals surface area contributed by atoms with E-state index in [1.165, 1.54) is 12.1 Å². The van der Waals surface area contributed by atoms with Crippen molar-refractivity contribution in [2.24, 2.45) is 0 Å². The molecule has 0 amide bonds. The van der Waals surface area contributed by atoms with Crippen LogP contribution in [0.25, 0.3) is 0 Å². The van der Waals surface area contributed by atoms with E-state index in [9.17, 15) is 4.39 Å². The summed E-state index contributed by atoms with van der Waals surface area (Å²) in [5.41, 5.74) is 1.46. The van der Waals surface area contributed by atoms with Crippen LogP contribution in [-0.4, -0.2) is 11.8 Å². The van der Waals surface area contributed by atoms with Crippen molar-refractivity contribution < 1.29 is 4.39 Å². The minimum Gasteiger partial charge on any atom is -0.207 e. The van der Waals surface area contributed by atoms with Crippen LogP contribution in [0, 0.1) is 5.82 Å². The van der Waals surface area contributed by atoms with Crippen molar-refractivity contribution in [3.05, 3.63) is 70.5 Å². The van der Waals surface area contributed by atoms with Crippen LogP contribution in [0.4, 0.5) is 4.39 Å². The van der Waals surface area contributed by atoms with E-state index in [1.54, 1.807) is 6.07 Å². The largest absolute Gasteiger partial charge is 0.207 e. The predicted molar refractivity (Wildman–Crippen MR) is 84.7 cm³/mol. The van der Waals surface area contributed by atoms with Crippen molar-refractivity contribution in [2.75, 3.05) is 11.8 Å². The first kappa shape index (κ1) is 15.6. The Morgan fingerprint density at radius 2 is 1.60 bits per heavy atom. The van der Waals surface area contributed by atoms with Crippen molar-refractivity contribution >= 4 is 34.8 Å². The van der Waals surface area contributed by atoms with E-state index < -0.39 is 5.41 Å². The average Bonchev–Trinajstić information content (AvgIpc) is 2.46. The molecule has 0 atom stereocenters. The minimum atomic E-state index is -0.429. The molecule has 0 spiro atoms. The number of alkyl halides is 2. The third-order valence-corrected chi connectivity index (χ3v) is 4.67. The van der Waals surface area contributed by atoms with Crippen LogP contribution < -0.4 is 0 Å². The second-order valence-corrected chi connectivity index (χ2v) is 5.83. The second kappa shape index (κ2) is 6.80. The number of halogens is 4. The molecule has 20 heavy (non-hydrogen) atoms. The maximum Gasteiger partial charge on any atom is 0.123 e. The van der Waals surface area contributed by atoms with E-state index >= 15 is 0 Å². The van der Waals surface area contributed by atoms with Crippen molar-refractivity contribution in [3.8, 4) is 0 Å². The number of hydrogen-bond donors (Lipinski definition) is 0. The van der Waals surface area contributed by atoms with E-state index in [0.29, 0.717) is 23.2 Å². The molecule has 0 aromatic heterocycles. The smallest absolute Gasteiger partial charge is 0.123 e. The minimum absolute atomic E-state index is 0.253. The molecular formula is C16H14Cl3F. The Balaban J connectivity index is 2.36. The summed E-state index contributed by atoms with van der Waals surface area (Å²) in [6, 6.07) is 14.0. The lowest BCUT2D eigenvalue weighted by atomic mass is 9.79. The van der Waals surface area contributed by atoms with Crippen LogP contribution >= 0.6 is 34.8 Å². The van der Waals surface area contributed by atoms with Crippen LogP contribution in [0.1, 0.15) is 11.1 Å².